The number of hydrazone groups is 1. The second-order valence-corrected chi connectivity index (χ2v) is 9.58. The van der Waals surface area contributed by atoms with Crippen LogP contribution in [-0.2, 0) is 22.6 Å². The standard InChI is InChI=1S/C30H28BrN3O4/c1-20(33-29(35)17-21-9-14-25(37-2)15-10-21)30(36)34-32-18-27-26-6-4-3-5-23(26)11-16-28(27)38-19-22-7-12-24(31)13-8-22/h3-16,18,20H,17,19H2,1-2H3,(H,33,35)(H,34,36). The lowest BCUT2D eigenvalue weighted by molar-refractivity contribution is -0.128. The number of fused-ring (bicyclic) bond motifs is 1. The van der Waals surface area contributed by atoms with Crippen LogP contribution in [0.2, 0.25) is 0 Å². The van der Waals surface area contributed by atoms with E-state index in [0.29, 0.717) is 18.1 Å². The number of methoxy groups -OCH3 is 1. The number of rotatable bonds is 10. The summed E-state index contributed by atoms with van der Waals surface area (Å²) in [5.41, 5.74) is 5.12. The first-order valence-corrected chi connectivity index (χ1v) is 12.9. The lowest BCUT2D eigenvalue weighted by Gasteiger charge is -2.13. The van der Waals surface area contributed by atoms with E-state index in [9.17, 15) is 9.59 Å². The monoisotopic (exact) mass is 573 g/mol. The van der Waals surface area contributed by atoms with Gasteiger partial charge in [0.1, 0.15) is 24.1 Å². The minimum atomic E-state index is -0.765. The zero-order chi connectivity index (χ0) is 26.9. The van der Waals surface area contributed by atoms with Gasteiger partial charge < -0.3 is 14.8 Å². The molecule has 0 aliphatic rings. The number of amides is 2. The fourth-order valence-corrected chi connectivity index (χ4v) is 4.08. The minimum Gasteiger partial charge on any atom is -0.497 e. The molecule has 2 amide bonds. The molecule has 0 heterocycles. The number of nitrogens with one attached hydrogen (secondary N) is 2. The molecule has 0 aliphatic heterocycles. The predicted molar refractivity (Wildman–Crippen MR) is 152 cm³/mol. The van der Waals surface area contributed by atoms with Crippen molar-refractivity contribution >= 4 is 44.7 Å². The van der Waals surface area contributed by atoms with Crippen LogP contribution < -0.4 is 20.2 Å². The van der Waals surface area contributed by atoms with Gasteiger partial charge in [0.15, 0.2) is 0 Å². The Morgan fingerprint density at radius 2 is 1.66 bits per heavy atom. The largest absolute Gasteiger partial charge is 0.497 e. The normalized spacial score (nSPS) is 11.8. The third kappa shape index (κ3) is 7.20. The van der Waals surface area contributed by atoms with E-state index in [1.54, 1.807) is 32.4 Å². The fraction of sp³-hybridized carbons (Fsp3) is 0.167. The van der Waals surface area contributed by atoms with E-state index in [0.717, 1.165) is 31.9 Å². The average Bonchev–Trinajstić information content (AvgIpc) is 2.93. The van der Waals surface area contributed by atoms with Crippen molar-refractivity contribution in [3.05, 3.63) is 106 Å². The van der Waals surface area contributed by atoms with Crippen LogP contribution in [0.1, 0.15) is 23.6 Å². The zero-order valence-corrected chi connectivity index (χ0v) is 22.7. The summed E-state index contributed by atoms with van der Waals surface area (Å²) < 4.78 is 12.2. The van der Waals surface area contributed by atoms with Crippen LogP contribution in [0.4, 0.5) is 0 Å². The molecule has 0 aromatic heterocycles. The number of hydrogen-bond acceptors (Lipinski definition) is 5. The molecule has 2 N–H and O–H groups in total. The Morgan fingerprint density at radius 1 is 0.947 bits per heavy atom. The van der Waals surface area contributed by atoms with Gasteiger partial charge in [-0.05, 0) is 59.2 Å². The SMILES string of the molecule is COc1ccc(CC(=O)NC(C)C(=O)NN=Cc2c(OCc3ccc(Br)cc3)ccc3ccccc23)cc1. The van der Waals surface area contributed by atoms with Gasteiger partial charge in [0.2, 0.25) is 5.91 Å². The maximum atomic E-state index is 12.6. The molecule has 194 valence electrons. The van der Waals surface area contributed by atoms with Crippen molar-refractivity contribution in [3.8, 4) is 11.5 Å². The summed E-state index contributed by atoms with van der Waals surface area (Å²) in [6.45, 7) is 2.00. The highest BCUT2D eigenvalue weighted by molar-refractivity contribution is 9.10. The Balaban J connectivity index is 1.40. The van der Waals surface area contributed by atoms with Crippen molar-refractivity contribution in [1.82, 2.24) is 10.7 Å². The van der Waals surface area contributed by atoms with Gasteiger partial charge in [-0.25, -0.2) is 5.43 Å². The number of nitrogens with zero attached hydrogens (tertiary/aromatic N) is 1. The Morgan fingerprint density at radius 3 is 2.39 bits per heavy atom. The van der Waals surface area contributed by atoms with Gasteiger partial charge in [-0.15, -0.1) is 0 Å². The van der Waals surface area contributed by atoms with Crippen molar-refractivity contribution in [2.75, 3.05) is 7.11 Å². The van der Waals surface area contributed by atoms with Crippen LogP contribution in [0.3, 0.4) is 0 Å². The highest BCUT2D eigenvalue weighted by Gasteiger charge is 2.16. The van der Waals surface area contributed by atoms with E-state index in [-0.39, 0.29) is 12.3 Å². The van der Waals surface area contributed by atoms with Crippen molar-refractivity contribution < 1.29 is 19.1 Å². The summed E-state index contributed by atoms with van der Waals surface area (Å²) in [6.07, 6.45) is 1.73. The molecule has 1 atom stereocenters. The lowest BCUT2D eigenvalue weighted by atomic mass is 10.0. The quantitative estimate of drug-likeness (QED) is 0.197. The van der Waals surface area contributed by atoms with E-state index in [2.05, 4.69) is 31.8 Å². The fourth-order valence-electron chi connectivity index (χ4n) is 3.82. The van der Waals surface area contributed by atoms with E-state index >= 15 is 0 Å². The third-order valence-electron chi connectivity index (χ3n) is 5.90. The van der Waals surface area contributed by atoms with Gasteiger partial charge in [-0.2, -0.15) is 5.10 Å². The summed E-state index contributed by atoms with van der Waals surface area (Å²) in [7, 11) is 1.59. The van der Waals surface area contributed by atoms with Gasteiger partial charge in [0.05, 0.1) is 19.7 Å². The lowest BCUT2D eigenvalue weighted by Crippen LogP contribution is -2.43. The number of ether oxygens (including phenoxy) is 2. The molecule has 0 aliphatic carbocycles. The third-order valence-corrected chi connectivity index (χ3v) is 6.43. The van der Waals surface area contributed by atoms with E-state index < -0.39 is 11.9 Å². The number of benzene rings is 4. The van der Waals surface area contributed by atoms with Gasteiger partial charge in [-0.1, -0.05) is 70.5 Å². The highest BCUT2D eigenvalue weighted by atomic mass is 79.9. The molecule has 0 saturated heterocycles. The number of halogens is 1. The molecule has 38 heavy (non-hydrogen) atoms. The van der Waals surface area contributed by atoms with Crippen LogP contribution >= 0.6 is 15.9 Å². The highest BCUT2D eigenvalue weighted by Crippen LogP contribution is 2.27. The maximum Gasteiger partial charge on any atom is 0.262 e. The van der Waals surface area contributed by atoms with Gasteiger partial charge >= 0.3 is 0 Å². The molecule has 8 heteroatoms. The van der Waals surface area contributed by atoms with Crippen LogP contribution in [0.15, 0.2) is 94.5 Å². The summed E-state index contributed by atoms with van der Waals surface area (Å²) >= 11 is 3.44. The summed E-state index contributed by atoms with van der Waals surface area (Å²) in [5, 5.41) is 8.85. The first kappa shape index (κ1) is 26.9. The van der Waals surface area contributed by atoms with Gasteiger partial charge in [-0.3, -0.25) is 9.59 Å². The molecule has 4 aromatic carbocycles. The molecule has 0 fully saturated rings. The Kier molecular flexibility index (Phi) is 9.11. The van der Waals surface area contributed by atoms with Crippen molar-refractivity contribution in [2.24, 2.45) is 5.10 Å². The Hall–Kier alpha value is -4.17. The summed E-state index contributed by atoms with van der Waals surface area (Å²) in [5.74, 6) is 0.666. The van der Waals surface area contributed by atoms with Crippen LogP contribution in [0.5, 0.6) is 11.5 Å². The van der Waals surface area contributed by atoms with E-state index in [4.69, 9.17) is 9.47 Å². The second-order valence-electron chi connectivity index (χ2n) is 8.66. The van der Waals surface area contributed by atoms with Crippen LogP contribution in [-0.4, -0.2) is 31.2 Å². The van der Waals surface area contributed by atoms with Crippen molar-refractivity contribution in [1.29, 1.82) is 0 Å². The maximum absolute atomic E-state index is 12.6. The molecular weight excluding hydrogens is 546 g/mol. The zero-order valence-electron chi connectivity index (χ0n) is 21.1. The molecule has 0 saturated carbocycles. The molecule has 0 radical (unpaired) electrons. The average molecular weight is 574 g/mol. The molecule has 7 nitrogen and oxygen atoms in total. The first-order valence-electron chi connectivity index (χ1n) is 12.1. The first-order chi connectivity index (χ1) is 18.4. The summed E-state index contributed by atoms with van der Waals surface area (Å²) in [6, 6.07) is 26.1. The predicted octanol–water partition coefficient (Wildman–Crippen LogP) is 5.39. The minimum absolute atomic E-state index is 0.153. The number of carbonyl (C=O) groups excluding carboxylic acids is 2. The van der Waals surface area contributed by atoms with Crippen molar-refractivity contribution in [2.45, 2.75) is 26.0 Å². The molecule has 0 bridgehead atoms. The Labute approximate surface area is 230 Å². The van der Waals surface area contributed by atoms with E-state index in [1.807, 2.05) is 72.8 Å². The molecular formula is C30H28BrN3O4. The second kappa shape index (κ2) is 12.9. The molecule has 1 unspecified atom stereocenters. The topological polar surface area (TPSA) is 89.0 Å². The van der Waals surface area contributed by atoms with Crippen molar-refractivity contribution in [3.63, 3.8) is 0 Å². The molecule has 4 rings (SSSR count). The van der Waals surface area contributed by atoms with Gasteiger partial charge in [0, 0.05) is 10.0 Å². The number of hydrogen-bond donors (Lipinski definition) is 2. The van der Waals surface area contributed by atoms with Crippen LogP contribution in [0.25, 0.3) is 10.8 Å². The number of carbonyl (C=O) groups is 2. The van der Waals surface area contributed by atoms with Gasteiger partial charge in [0.25, 0.3) is 5.91 Å². The smallest absolute Gasteiger partial charge is 0.262 e. The van der Waals surface area contributed by atoms with E-state index in [1.165, 1.54) is 0 Å². The van der Waals surface area contributed by atoms with Crippen LogP contribution in [0, 0.1) is 0 Å². The Bertz CT molecular complexity index is 1440. The molecule has 4 aromatic rings. The summed E-state index contributed by atoms with van der Waals surface area (Å²) in [4.78, 5) is 25.0. The molecule has 0 spiro atoms.